The van der Waals surface area contributed by atoms with Gasteiger partial charge in [-0.25, -0.2) is 0 Å². The van der Waals surface area contributed by atoms with Crippen LogP contribution < -0.4 is 10.2 Å². The molecule has 1 aromatic heterocycles. The summed E-state index contributed by atoms with van der Waals surface area (Å²) in [7, 11) is 0. The van der Waals surface area contributed by atoms with Crippen LogP contribution in [-0.4, -0.2) is 17.6 Å². The maximum Gasteiger partial charge on any atom is 0.573 e. The van der Waals surface area contributed by atoms with Crippen LogP contribution in [0.5, 0.6) is 5.75 Å². The van der Waals surface area contributed by atoms with Crippen molar-refractivity contribution in [3.63, 3.8) is 0 Å². The molecule has 1 heterocycles. The van der Waals surface area contributed by atoms with Crippen LogP contribution in [0.25, 0.3) is 0 Å². The van der Waals surface area contributed by atoms with Crippen LogP contribution in [0, 0.1) is 0 Å². The third-order valence-electron chi connectivity index (χ3n) is 2.67. The lowest BCUT2D eigenvalue weighted by molar-refractivity contribution is -0.274. The van der Waals surface area contributed by atoms with E-state index < -0.39 is 23.9 Å². The highest BCUT2D eigenvalue weighted by Crippen LogP contribution is 2.30. The summed E-state index contributed by atoms with van der Waals surface area (Å²) in [5, 5.41) is 3.45. The quantitative estimate of drug-likeness (QED) is 0.454. The van der Waals surface area contributed by atoms with E-state index in [0.717, 1.165) is 18.3 Å². The lowest BCUT2D eigenvalue weighted by atomic mass is 10.2. The van der Waals surface area contributed by atoms with Crippen molar-refractivity contribution in [2.45, 2.75) is 12.5 Å². The fourth-order valence-corrected chi connectivity index (χ4v) is 1.81. The molecule has 4 nitrogen and oxygen atoms in total. The van der Waals surface area contributed by atoms with Crippen LogP contribution in [-0.2, 0) is 6.18 Å². The van der Waals surface area contributed by atoms with Gasteiger partial charge < -0.3 is 4.74 Å². The molecule has 0 radical (unpaired) electrons. The van der Waals surface area contributed by atoms with E-state index in [9.17, 15) is 26.3 Å². The number of halogens is 7. The Balaban J connectivity index is 2.01. The number of nitrogens with one attached hydrogen (secondary N) is 1. The van der Waals surface area contributed by atoms with E-state index in [0.29, 0.717) is 18.0 Å². The number of hydrogen-bond acceptors (Lipinski definition) is 4. The van der Waals surface area contributed by atoms with Gasteiger partial charge in [-0.1, -0.05) is 11.6 Å². The molecule has 0 aliphatic carbocycles. The van der Waals surface area contributed by atoms with Gasteiger partial charge in [-0.05, 0) is 30.3 Å². The maximum atomic E-state index is 12.5. The van der Waals surface area contributed by atoms with Crippen LogP contribution >= 0.6 is 11.6 Å². The van der Waals surface area contributed by atoms with Crippen molar-refractivity contribution in [1.29, 1.82) is 0 Å². The van der Waals surface area contributed by atoms with Gasteiger partial charge in [0.25, 0.3) is 0 Å². The standard InChI is InChI=1S/C14H8ClF6N3O/c15-11-5-8(13(16,17)18)6-22-12(11)7-23-24-9-1-3-10(4-2-9)25-14(19,20)21/h1-7,24H. The average Bonchev–Trinajstić information content (AvgIpc) is 2.48. The molecule has 0 fully saturated rings. The Morgan fingerprint density at radius 2 is 1.72 bits per heavy atom. The second-order valence-electron chi connectivity index (χ2n) is 4.53. The monoisotopic (exact) mass is 383 g/mol. The highest BCUT2D eigenvalue weighted by Gasteiger charge is 2.32. The van der Waals surface area contributed by atoms with Crippen LogP contribution in [0.2, 0.25) is 5.02 Å². The van der Waals surface area contributed by atoms with E-state index in [-0.39, 0.29) is 10.7 Å². The molecule has 1 aromatic carbocycles. The minimum absolute atomic E-state index is 0.0146. The van der Waals surface area contributed by atoms with Gasteiger partial charge >= 0.3 is 12.5 Å². The first-order valence-electron chi connectivity index (χ1n) is 6.42. The van der Waals surface area contributed by atoms with Crippen molar-refractivity contribution in [2.24, 2.45) is 5.10 Å². The average molecular weight is 384 g/mol. The zero-order valence-electron chi connectivity index (χ0n) is 12.0. The van der Waals surface area contributed by atoms with E-state index in [1.54, 1.807) is 0 Å². The Hall–Kier alpha value is -2.49. The van der Waals surface area contributed by atoms with Crippen LogP contribution in [0.15, 0.2) is 41.6 Å². The lowest BCUT2D eigenvalue weighted by Crippen LogP contribution is -2.16. The molecule has 25 heavy (non-hydrogen) atoms. The van der Waals surface area contributed by atoms with Crippen LogP contribution in [0.4, 0.5) is 32.0 Å². The first kappa shape index (κ1) is 18.8. The van der Waals surface area contributed by atoms with Gasteiger partial charge in [0, 0.05) is 6.20 Å². The second-order valence-corrected chi connectivity index (χ2v) is 4.94. The third kappa shape index (κ3) is 5.82. The highest BCUT2D eigenvalue weighted by atomic mass is 35.5. The fourth-order valence-electron chi connectivity index (χ4n) is 1.60. The molecule has 0 spiro atoms. The Bertz CT molecular complexity index is 759. The molecular weight excluding hydrogens is 376 g/mol. The topological polar surface area (TPSA) is 46.5 Å². The van der Waals surface area contributed by atoms with E-state index >= 15 is 0 Å². The van der Waals surface area contributed by atoms with Crippen molar-refractivity contribution < 1.29 is 31.1 Å². The summed E-state index contributed by atoms with van der Waals surface area (Å²) in [6, 6.07) is 5.36. The normalized spacial score (nSPS) is 12.4. The van der Waals surface area contributed by atoms with Crippen molar-refractivity contribution >= 4 is 23.5 Å². The molecular formula is C14H8ClF6N3O. The van der Waals surface area contributed by atoms with Gasteiger partial charge in [0.05, 0.1) is 22.5 Å². The second kappa shape index (κ2) is 7.18. The zero-order valence-corrected chi connectivity index (χ0v) is 12.7. The highest BCUT2D eigenvalue weighted by molar-refractivity contribution is 6.32. The Morgan fingerprint density at radius 1 is 1.08 bits per heavy atom. The van der Waals surface area contributed by atoms with E-state index in [1.165, 1.54) is 12.1 Å². The molecule has 0 bridgehead atoms. The number of hydrazone groups is 1. The Labute approximate surface area is 142 Å². The molecule has 2 aromatic rings. The first-order chi connectivity index (χ1) is 11.5. The summed E-state index contributed by atoms with van der Waals surface area (Å²) < 4.78 is 77.2. The summed E-state index contributed by atoms with van der Waals surface area (Å²) in [5.74, 6) is -0.408. The molecule has 134 valence electrons. The van der Waals surface area contributed by atoms with Crippen molar-refractivity contribution in [3.05, 3.63) is 52.8 Å². The molecule has 0 aliphatic rings. The van der Waals surface area contributed by atoms with Crippen LogP contribution in [0.1, 0.15) is 11.3 Å². The minimum Gasteiger partial charge on any atom is -0.406 e. The number of alkyl halides is 6. The van der Waals surface area contributed by atoms with E-state index in [1.807, 2.05) is 0 Å². The summed E-state index contributed by atoms with van der Waals surface area (Å²) in [6.45, 7) is 0. The molecule has 0 saturated heterocycles. The number of anilines is 1. The van der Waals surface area contributed by atoms with E-state index in [2.05, 4.69) is 20.2 Å². The number of rotatable bonds is 4. The maximum absolute atomic E-state index is 12.5. The number of ether oxygens (including phenoxy) is 1. The zero-order chi connectivity index (χ0) is 18.7. The van der Waals surface area contributed by atoms with Gasteiger partial charge in [-0.15, -0.1) is 13.2 Å². The largest absolute Gasteiger partial charge is 0.573 e. The van der Waals surface area contributed by atoms with E-state index in [4.69, 9.17) is 11.6 Å². The third-order valence-corrected chi connectivity index (χ3v) is 2.97. The molecule has 0 aliphatic heterocycles. The number of nitrogens with zero attached hydrogens (tertiary/aromatic N) is 2. The van der Waals surface area contributed by atoms with Crippen molar-refractivity contribution in [3.8, 4) is 5.75 Å². The van der Waals surface area contributed by atoms with Crippen molar-refractivity contribution in [1.82, 2.24) is 4.98 Å². The first-order valence-corrected chi connectivity index (χ1v) is 6.80. The summed E-state index contributed by atoms with van der Waals surface area (Å²) in [5.41, 5.74) is 1.77. The number of benzene rings is 1. The number of hydrogen-bond donors (Lipinski definition) is 1. The predicted octanol–water partition coefficient (Wildman–Crippen LogP) is 5.10. The molecule has 2 rings (SSSR count). The van der Waals surface area contributed by atoms with Gasteiger partial charge in [0.1, 0.15) is 11.4 Å². The molecule has 0 unspecified atom stereocenters. The lowest BCUT2D eigenvalue weighted by Gasteiger charge is -2.09. The Morgan fingerprint density at radius 3 is 2.24 bits per heavy atom. The molecule has 0 atom stereocenters. The smallest absolute Gasteiger partial charge is 0.406 e. The summed E-state index contributed by atoms with van der Waals surface area (Å²) >= 11 is 5.69. The van der Waals surface area contributed by atoms with Crippen LogP contribution in [0.3, 0.4) is 0 Å². The minimum atomic E-state index is -4.79. The molecule has 11 heteroatoms. The molecule has 1 N–H and O–H groups in total. The van der Waals surface area contributed by atoms with Gasteiger partial charge in [0.2, 0.25) is 0 Å². The van der Waals surface area contributed by atoms with Gasteiger partial charge in [-0.2, -0.15) is 18.3 Å². The fraction of sp³-hybridized carbons (Fsp3) is 0.143. The number of pyridine rings is 1. The van der Waals surface area contributed by atoms with Crippen molar-refractivity contribution in [2.75, 3.05) is 5.43 Å². The molecule has 0 saturated carbocycles. The van der Waals surface area contributed by atoms with Gasteiger partial charge in [0.15, 0.2) is 0 Å². The van der Waals surface area contributed by atoms with Gasteiger partial charge in [-0.3, -0.25) is 10.4 Å². The molecule has 0 amide bonds. The Kier molecular flexibility index (Phi) is 5.41. The summed E-state index contributed by atoms with van der Waals surface area (Å²) in [6.07, 6.45) is -7.68. The predicted molar refractivity (Wildman–Crippen MR) is 78.6 cm³/mol. The SMILES string of the molecule is FC(F)(F)Oc1ccc(NN=Cc2ncc(C(F)(F)F)cc2Cl)cc1. The number of aromatic nitrogens is 1. The summed E-state index contributed by atoms with van der Waals surface area (Å²) in [4.78, 5) is 3.54.